The molecule has 13 nitrogen and oxygen atoms in total. The first-order valence-corrected chi connectivity index (χ1v) is 20.4. The van der Waals surface area contributed by atoms with Crippen LogP contribution in [0.2, 0.25) is 0 Å². The number of likely N-dealkylation sites (tertiary alicyclic amines) is 1. The summed E-state index contributed by atoms with van der Waals surface area (Å²) < 4.78 is 47.5. The van der Waals surface area contributed by atoms with E-state index in [9.17, 15) is 32.3 Å². The molecule has 1 aromatic heterocycles. The van der Waals surface area contributed by atoms with Crippen molar-refractivity contribution in [3.8, 4) is 5.75 Å². The topological polar surface area (TPSA) is 162 Å². The third-order valence-electron chi connectivity index (χ3n) is 12.0. The number of carbonyl (C=O) groups is 4. The molecule has 2 aromatic carbocycles. The second-order valence-electron chi connectivity index (χ2n) is 16.4. The van der Waals surface area contributed by atoms with E-state index in [1.165, 1.54) is 0 Å². The van der Waals surface area contributed by atoms with Crippen LogP contribution in [0.25, 0.3) is 0 Å². The van der Waals surface area contributed by atoms with Gasteiger partial charge in [-0.25, -0.2) is 4.98 Å². The molecule has 17 heteroatoms. The number of hydrogen-bond acceptors (Lipinski definition) is 10. The van der Waals surface area contributed by atoms with Gasteiger partial charge in [-0.1, -0.05) is 13.0 Å². The van der Waals surface area contributed by atoms with Crippen molar-refractivity contribution < 1.29 is 37.1 Å². The SMILES string of the molecule is CCc1cc(N2C(=S)N(c3cnc(N)c(C(F)(F)F)c3)C(=O)C23CCC3)ccc1OCC[C@@H]1CCN(CC(=O)Nc2cccc(NC3CCC(=O)NC3=O)c2)C(C)(C)C1. The van der Waals surface area contributed by atoms with Crippen LogP contribution in [0.4, 0.5) is 41.7 Å². The Kier molecular flexibility index (Phi) is 11.6. The number of thiocarbonyl (C=S) groups is 1. The van der Waals surface area contributed by atoms with E-state index in [0.29, 0.717) is 55.3 Å². The number of ether oxygens (including phenoxy) is 1. The lowest BCUT2D eigenvalue weighted by molar-refractivity contribution is -0.137. The molecule has 3 aromatic rings. The molecular weight excluding hydrogens is 786 g/mol. The molecule has 59 heavy (non-hydrogen) atoms. The lowest BCUT2D eigenvalue weighted by Crippen LogP contribution is -2.55. The molecule has 0 bridgehead atoms. The average molecular weight is 835 g/mol. The van der Waals surface area contributed by atoms with Crippen molar-refractivity contribution >= 4 is 69.5 Å². The molecule has 1 spiro atoms. The molecule has 4 heterocycles. The maximum Gasteiger partial charge on any atom is 0.420 e. The highest BCUT2D eigenvalue weighted by atomic mass is 32.1. The van der Waals surface area contributed by atoms with Crippen LogP contribution in [0, 0.1) is 5.92 Å². The fraction of sp³-hybridized carbons (Fsp3) is 0.476. The number of pyridine rings is 1. The number of aryl methyl sites for hydroxylation is 1. The number of imide groups is 1. The number of anilines is 5. The summed E-state index contributed by atoms with van der Waals surface area (Å²) in [7, 11) is 0. The Labute approximate surface area is 346 Å². The normalized spacial score (nSPS) is 21.7. The molecule has 4 fully saturated rings. The van der Waals surface area contributed by atoms with Gasteiger partial charge in [0.2, 0.25) is 17.7 Å². The Morgan fingerprint density at radius 3 is 2.51 bits per heavy atom. The van der Waals surface area contributed by atoms with E-state index in [4.69, 9.17) is 22.7 Å². The van der Waals surface area contributed by atoms with E-state index < -0.39 is 29.1 Å². The van der Waals surface area contributed by atoms with Crippen molar-refractivity contribution in [2.75, 3.05) is 45.9 Å². The number of nitrogens with zero attached hydrogens (tertiary/aromatic N) is 4. The van der Waals surface area contributed by atoms with Crippen LogP contribution in [0.5, 0.6) is 5.75 Å². The van der Waals surface area contributed by atoms with Crippen LogP contribution in [0.1, 0.15) is 83.3 Å². The molecular formula is C42H49F3N8O5S. The number of piperidine rings is 2. The Morgan fingerprint density at radius 1 is 1.07 bits per heavy atom. The van der Waals surface area contributed by atoms with Crippen LogP contribution < -0.4 is 36.2 Å². The monoisotopic (exact) mass is 834 g/mol. The highest BCUT2D eigenvalue weighted by molar-refractivity contribution is 7.81. The number of benzene rings is 2. The summed E-state index contributed by atoms with van der Waals surface area (Å²) in [4.78, 5) is 59.7. The summed E-state index contributed by atoms with van der Waals surface area (Å²) in [5.41, 5.74) is 5.97. The number of halogens is 3. The number of nitrogen functional groups attached to an aromatic ring is 1. The van der Waals surface area contributed by atoms with Crippen LogP contribution in [0.15, 0.2) is 54.7 Å². The summed E-state index contributed by atoms with van der Waals surface area (Å²) in [5.74, 6) is -0.738. The largest absolute Gasteiger partial charge is 0.493 e. The van der Waals surface area contributed by atoms with Gasteiger partial charge in [0.25, 0.3) is 5.91 Å². The number of amides is 4. The number of carbonyl (C=O) groups excluding carboxylic acids is 4. The van der Waals surface area contributed by atoms with Gasteiger partial charge in [-0.2, -0.15) is 13.2 Å². The first kappa shape index (κ1) is 41.9. The van der Waals surface area contributed by atoms with Crippen molar-refractivity contribution in [1.29, 1.82) is 0 Å². The van der Waals surface area contributed by atoms with E-state index in [1.54, 1.807) is 23.1 Å². The van der Waals surface area contributed by atoms with Gasteiger partial charge in [-0.05, 0) is 138 Å². The molecule has 1 saturated carbocycles. The third-order valence-corrected chi connectivity index (χ3v) is 12.4. The number of aromatic nitrogens is 1. The zero-order valence-electron chi connectivity index (χ0n) is 33.3. The lowest BCUT2D eigenvalue weighted by atomic mass is 9.75. The first-order chi connectivity index (χ1) is 28.0. The quantitative estimate of drug-likeness (QED) is 0.118. The van der Waals surface area contributed by atoms with Gasteiger partial charge in [0, 0.05) is 29.0 Å². The molecule has 7 rings (SSSR count). The molecule has 2 atom stereocenters. The summed E-state index contributed by atoms with van der Waals surface area (Å²) in [6.45, 7) is 7.76. The lowest BCUT2D eigenvalue weighted by Gasteiger charge is -2.45. The van der Waals surface area contributed by atoms with Gasteiger partial charge >= 0.3 is 6.18 Å². The van der Waals surface area contributed by atoms with Crippen molar-refractivity contribution in [3.63, 3.8) is 0 Å². The molecule has 0 radical (unpaired) electrons. The van der Waals surface area contributed by atoms with E-state index in [1.807, 2.05) is 31.2 Å². The van der Waals surface area contributed by atoms with E-state index in [-0.39, 0.29) is 52.9 Å². The van der Waals surface area contributed by atoms with Gasteiger partial charge in [0.15, 0.2) is 5.11 Å². The summed E-state index contributed by atoms with van der Waals surface area (Å²) >= 11 is 5.80. The number of nitrogens with one attached hydrogen (secondary N) is 3. The van der Waals surface area contributed by atoms with Gasteiger partial charge < -0.3 is 26.0 Å². The minimum atomic E-state index is -4.75. The predicted molar refractivity (Wildman–Crippen MR) is 222 cm³/mol. The van der Waals surface area contributed by atoms with Gasteiger partial charge in [-0.3, -0.25) is 34.3 Å². The van der Waals surface area contributed by atoms with Crippen LogP contribution >= 0.6 is 12.2 Å². The van der Waals surface area contributed by atoms with Crippen molar-refractivity contribution in [2.24, 2.45) is 5.92 Å². The fourth-order valence-corrected chi connectivity index (χ4v) is 9.16. The van der Waals surface area contributed by atoms with E-state index in [2.05, 4.69) is 39.7 Å². The highest BCUT2D eigenvalue weighted by Crippen LogP contribution is 2.49. The summed E-state index contributed by atoms with van der Waals surface area (Å²) in [6, 6.07) is 13.1. The van der Waals surface area contributed by atoms with Crippen LogP contribution in [-0.4, -0.2) is 75.4 Å². The minimum absolute atomic E-state index is 0.0767. The standard InChI is InChI=1S/C42H49F3N8O5S/c1-4-26-19-29(53-39(59)52(38(57)41(53)15-6-16-41)30-21-31(42(43,44)45)36(46)47-23-30)9-11-33(26)58-18-14-25-13-17-51(40(2,3)22-25)24-35(55)49-28-8-5-7-27(20-28)48-32-10-12-34(54)50-37(32)56/h5,7-9,11,19-21,23,25,32,48H,4,6,10,12-18,22,24H2,1-3H3,(H2,46,47)(H,49,55)(H,50,54,56)/t25-,32?/m0/s1. The molecule has 3 aliphatic heterocycles. The molecule has 4 aliphatic rings. The third kappa shape index (κ3) is 8.58. The van der Waals surface area contributed by atoms with Gasteiger partial charge in [-0.15, -0.1) is 0 Å². The van der Waals surface area contributed by atoms with Crippen molar-refractivity contribution in [1.82, 2.24) is 15.2 Å². The number of hydrogen-bond donors (Lipinski definition) is 4. The fourth-order valence-electron chi connectivity index (χ4n) is 8.69. The minimum Gasteiger partial charge on any atom is -0.493 e. The Morgan fingerprint density at radius 2 is 1.83 bits per heavy atom. The molecule has 1 unspecified atom stereocenters. The summed E-state index contributed by atoms with van der Waals surface area (Å²) in [5, 5.41) is 8.56. The number of rotatable bonds is 12. The second-order valence-corrected chi connectivity index (χ2v) is 16.8. The average Bonchev–Trinajstić information content (AvgIpc) is 3.40. The molecule has 5 N–H and O–H groups in total. The highest BCUT2D eigenvalue weighted by Gasteiger charge is 2.60. The molecule has 1 aliphatic carbocycles. The Hall–Kier alpha value is -5.29. The van der Waals surface area contributed by atoms with Crippen molar-refractivity contribution in [3.05, 3.63) is 65.9 Å². The van der Waals surface area contributed by atoms with Crippen LogP contribution in [-0.2, 0) is 31.8 Å². The van der Waals surface area contributed by atoms with E-state index in [0.717, 1.165) is 60.7 Å². The number of alkyl halides is 3. The molecule has 314 valence electrons. The zero-order valence-corrected chi connectivity index (χ0v) is 34.1. The smallest absolute Gasteiger partial charge is 0.420 e. The predicted octanol–water partition coefficient (Wildman–Crippen LogP) is 6.42. The molecule has 3 saturated heterocycles. The number of nitrogens with two attached hydrogens (primary N) is 1. The maximum absolute atomic E-state index is 13.9. The van der Waals surface area contributed by atoms with E-state index >= 15 is 0 Å². The van der Waals surface area contributed by atoms with Gasteiger partial charge in [0.05, 0.1) is 30.6 Å². The van der Waals surface area contributed by atoms with Crippen molar-refractivity contribution in [2.45, 2.75) is 102 Å². The summed E-state index contributed by atoms with van der Waals surface area (Å²) in [6.07, 6.45) is 2.10. The van der Waals surface area contributed by atoms with Gasteiger partial charge in [0.1, 0.15) is 23.1 Å². The zero-order chi connectivity index (χ0) is 42.3. The maximum atomic E-state index is 13.9. The molecule has 4 amide bonds. The van der Waals surface area contributed by atoms with Crippen LogP contribution in [0.3, 0.4) is 0 Å². The second kappa shape index (κ2) is 16.4. The Bertz CT molecular complexity index is 2160. The Balaban J connectivity index is 0.935. The first-order valence-electron chi connectivity index (χ1n) is 20.0.